The van der Waals surface area contributed by atoms with Crippen LogP contribution in [0.2, 0.25) is 0 Å². The normalized spacial score (nSPS) is 24.7. The van der Waals surface area contributed by atoms with Gasteiger partial charge in [0.1, 0.15) is 0 Å². The van der Waals surface area contributed by atoms with Crippen molar-refractivity contribution < 1.29 is 4.74 Å². The second-order valence-electron chi connectivity index (χ2n) is 2.38. The Kier molecular flexibility index (Phi) is 6.71. The van der Waals surface area contributed by atoms with Gasteiger partial charge in [0.25, 0.3) is 0 Å². The van der Waals surface area contributed by atoms with Crippen molar-refractivity contribution >= 4 is 23.5 Å². The van der Waals surface area contributed by atoms with Crippen LogP contribution in [0.4, 0.5) is 0 Å². The quantitative estimate of drug-likeness (QED) is 0.647. The Labute approximate surface area is 82.5 Å². The molecule has 0 saturated carbocycles. The molecule has 0 spiro atoms. The molecular weight excluding hydrogens is 190 g/mol. The molecule has 0 amide bonds. The highest BCUT2D eigenvalue weighted by atomic mass is 32.2. The Morgan fingerprint density at radius 2 is 2.17 bits per heavy atom. The van der Waals surface area contributed by atoms with E-state index < -0.39 is 0 Å². The first kappa shape index (κ1) is 10.3. The van der Waals surface area contributed by atoms with Gasteiger partial charge in [-0.05, 0) is 0 Å². The lowest BCUT2D eigenvalue weighted by Gasteiger charge is -2.05. The molecule has 12 heavy (non-hydrogen) atoms. The molecule has 0 aliphatic carbocycles. The van der Waals surface area contributed by atoms with E-state index in [4.69, 9.17) is 4.74 Å². The Morgan fingerprint density at radius 3 is 3.17 bits per heavy atom. The van der Waals surface area contributed by atoms with Crippen molar-refractivity contribution in [3.05, 3.63) is 11.7 Å². The van der Waals surface area contributed by atoms with Crippen molar-refractivity contribution in [2.45, 2.75) is 0 Å². The lowest BCUT2D eigenvalue weighted by atomic mass is 10.6. The van der Waals surface area contributed by atoms with Crippen LogP contribution < -0.4 is 5.32 Å². The van der Waals surface area contributed by atoms with Crippen molar-refractivity contribution in [1.82, 2.24) is 5.32 Å². The highest BCUT2D eigenvalue weighted by Crippen LogP contribution is 2.07. The first-order valence-corrected chi connectivity index (χ1v) is 6.37. The maximum absolute atomic E-state index is 5.24. The molecule has 0 aromatic heterocycles. The van der Waals surface area contributed by atoms with Gasteiger partial charge in [0.2, 0.25) is 0 Å². The van der Waals surface area contributed by atoms with Gasteiger partial charge >= 0.3 is 0 Å². The number of ether oxygens (including phenoxy) is 1. The molecule has 1 heterocycles. The van der Waals surface area contributed by atoms with Gasteiger partial charge in [0, 0.05) is 35.8 Å². The molecule has 0 atom stereocenters. The summed E-state index contributed by atoms with van der Waals surface area (Å²) in [5, 5.41) is 5.35. The molecule has 0 aromatic rings. The van der Waals surface area contributed by atoms with E-state index in [1.165, 1.54) is 17.3 Å². The molecule has 0 bridgehead atoms. The number of hydrogen-bond donors (Lipinski definition) is 1. The smallest absolute Gasteiger partial charge is 0.0997 e. The number of hydrogen-bond acceptors (Lipinski definition) is 4. The van der Waals surface area contributed by atoms with Crippen LogP contribution in [-0.2, 0) is 4.74 Å². The fraction of sp³-hybridized carbons (Fsp3) is 0.750. The predicted molar refractivity (Wildman–Crippen MR) is 57.7 cm³/mol. The summed E-state index contributed by atoms with van der Waals surface area (Å²) in [5.74, 6) is 3.63. The highest BCUT2D eigenvalue weighted by Gasteiger charge is 1.91. The second-order valence-corrected chi connectivity index (χ2v) is 4.61. The number of nitrogens with one attached hydrogen (secondary N) is 1. The molecule has 1 aliphatic rings. The van der Waals surface area contributed by atoms with Crippen molar-refractivity contribution in [2.24, 2.45) is 0 Å². The second kappa shape index (κ2) is 7.83. The van der Waals surface area contributed by atoms with Gasteiger partial charge in [-0.25, -0.2) is 0 Å². The minimum atomic E-state index is 0.779. The minimum absolute atomic E-state index is 0.779. The molecule has 70 valence electrons. The summed E-state index contributed by atoms with van der Waals surface area (Å²) in [6, 6.07) is 0. The fourth-order valence-corrected chi connectivity index (χ4v) is 2.47. The summed E-state index contributed by atoms with van der Waals surface area (Å²) in [6.45, 7) is 2.83. The number of thioether (sulfide) groups is 2. The molecule has 0 aromatic carbocycles. The van der Waals surface area contributed by atoms with E-state index in [2.05, 4.69) is 5.32 Å². The first-order valence-electron chi connectivity index (χ1n) is 4.17. The van der Waals surface area contributed by atoms with E-state index in [0.717, 1.165) is 19.7 Å². The predicted octanol–water partition coefficient (Wildman–Crippen LogP) is 1.54. The zero-order valence-corrected chi connectivity index (χ0v) is 8.76. The largest absolute Gasteiger partial charge is 0.499 e. The van der Waals surface area contributed by atoms with Crippen LogP contribution in [0.15, 0.2) is 11.7 Å². The summed E-state index contributed by atoms with van der Waals surface area (Å²) in [6.07, 6.45) is 1.79. The average molecular weight is 205 g/mol. The molecule has 0 saturated heterocycles. The van der Waals surface area contributed by atoms with E-state index in [9.17, 15) is 0 Å². The molecule has 0 fully saturated rings. The van der Waals surface area contributed by atoms with Crippen molar-refractivity contribution in [3.8, 4) is 0 Å². The van der Waals surface area contributed by atoms with Crippen LogP contribution in [-0.4, -0.2) is 37.0 Å². The molecule has 1 rings (SSSR count). The Morgan fingerprint density at radius 1 is 1.17 bits per heavy atom. The molecule has 0 radical (unpaired) electrons. The maximum Gasteiger partial charge on any atom is 0.0997 e. The fourth-order valence-electron chi connectivity index (χ4n) is 0.824. The minimum Gasteiger partial charge on any atom is -0.499 e. The Hall–Kier alpha value is 0.200. The van der Waals surface area contributed by atoms with Crippen LogP contribution in [0.5, 0.6) is 0 Å². The monoisotopic (exact) mass is 205 g/mol. The summed E-state index contributed by atoms with van der Waals surface area (Å²) in [5.41, 5.74) is 0. The van der Waals surface area contributed by atoms with Gasteiger partial charge in [0.15, 0.2) is 0 Å². The van der Waals surface area contributed by atoms with Crippen molar-refractivity contribution in [3.63, 3.8) is 0 Å². The van der Waals surface area contributed by atoms with Gasteiger partial charge in [-0.2, -0.15) is 11.8 Å². The third-order valence-corrected chi connectivity index (χ3v) is 3.40. The van der Waals surface area contributed by atoms with E-state index >= 15 is 0 Å². The van der Waals surface area contributed by atoms with E-state index in [0.29, 0.717) is 0 Å². The lowest BCUT2D eigenvalue weighted by molar-refractivity contribution is 0.250. The third kappa shape index (κ3) is 5.80. The summed E-state index contributed by atoms with van der Waals surface area (Å²) in [4.78, 5) is 0. The number of rotatable bonds is 0. The topological polar surface area (TPSA) is 21.3 Å². The molecule has 4 heteroatoms. The Balaban J connectivity index is 2.10. The average Bonchev–Trinajstić information content (AvgIpc) is 2.05. The Bertz CT molecular complexity index is 116. The van der Waals surface area contributed by atoms with Crippen molar-refractivity contribution in [2.75, 3.05) is 37.0 Å². The first-order chi connectivity index (χ1) is 6.00. The van der Waals surface area contributed by atoms with Gasteiger partial charge in [-0.3, -0.25) is 0 Å². The molecule has 0 unspecified atom stereocenters. The SMILES string of the molecule is C1=C\SCCSCCNCCO/1. The van der Waals surface area contributed by atoms with Crippen LogP contribution >= 0.6 is 23.5 Å². The molecule has 1 N–H and O–H groups in total. The van der Waals surface area contributed by atoms with Gasteiger partial charge in [-0.15, -0.1) is 11.8 Å². The molecular formula is C8H15NOS2. The van der Waals surface area contributed by atoms with E-state index in [1.54, 1.807) is 6.26 Å². The van der Waals surface area contributed by atoms with Crippen LogP contribution in [0.1, 0.15) is 0 Å². The van der Waals surface area contributed by atoms with E-state index in [1.807, 2.05) is 28.9 Å². The third-order valence-electron chi connectivity index (χ3n) is 1.41. The molecule has 2 nitrogen and oxygen atoms in total. The van der Waals surface area contributed by atoms with Gasteiger partial charge < -0.3 is 10.1 Å². The standard InChI is InChI=1S/C8H15NOS2/c1-3-10-4-6-12-8-7-11-5-2-9-1/h4,6,9H,1-3,5,7-8H2/b6-4-. The van der Waals surface area contributed by atoms with Crippen LogP contribution in [0, 0.1) is 0 Å². The summed E-state index contributed by atoms with van der Waals surface area (Å²) < 4.78 is 5.24. The lowest BCUT2D eigenvalue weighted by Crippen LogP contribution is -2.21. The van der Waals surface area contributed by atoms with Gasteiger partial charge in [-0.1, -0.05) is 0 Å². The summed E-state index contributed by atoms with van der Waals surface area (Å²) >= 11 is 3.83. The van der Waals surface area contributed by atoms with Crippen LogP contribution in [0.3, 0.4) is 0 Å². The maximum atomic E-state index is 5.24. The van der Waals surface area contributed by atoms with Gasteiger partial charge in [0.05, 0.1) is 12.9 Å². The van der Waals surface area contributed by atoms with E-state index in [-0.39, 0.29) is 0 Å². The zero-order chi connectivity index (χ0) is 8.49. The summed E-state index contributed by atoms with van der Waals surface area (Å²) in [7, 11) is 0. The van der Waals surface area contributed by atoms with Crippen molar-refractivity contribution in [1.29, 1.82) is 0 Å². The molecule has 1 aliphatic heterocycles. The highest BCUT2D eigenvalue weighted by molar-refractivity contribution is 8.04. The zero-order valence-electron chi connectivity index (χ0n) is 7.12. The van der Waals surface area contributed by atoms with Crippen LogP contribution in [0.25, 0.3) is 0 Å².